The first-order chi connectivity index (χ1) is 6.07. The van der Waals surface area contributed by atoms with Crippen molar-refractivity contribution in [3.05, 3.63) is 0 Å². The predicted octanol–water partition coefficient (Wildman–Crippen LogP) is 1.15. The SMILES string of the molecule is CCCSCC(OC(C)=O)C(=O)O. The molecule has 1 atom stereocenters. The largest absolute Gasteiger partial charge is 0.478 e. The minimum Gasteiger partial charge on any atom is -0.478 e. The molecule has 0 aromatic heterocycles. The van der Waals surface area contributed by atoms with Gasteiger partial charge < -0.3 is 9.84 Å². The van der Waals surface area contributed by atoms with Gasteiger partial charge in [-0.15, -0.1) is 0 Å². The molecule has 0 bridgehead atoms. The van der Waals surface area contributed by atoms with E-state index in [-0.39, 0.29) is 0 Å². The van der Waals surface area contributed by atoms with Crippen LogP contribution >= 0.6 is 11.8 Å². The zero-order valence-corrected chi connectivity index (χ0v) is 8.60. The van der Waals surface area contributed by atoms with Gasteiger partial charge in [-0.3, -0.25) is 4.79 Å². The molecular weight excluding hydrogens is 192 g/mol. The second-order valence-electron chi connectivity index (χ2n) is 2.51. The van der Waals surface area contributed by atoms with E-state index in [9.17, 15) is 9.59 Å². The van der Waals surface area contributed by atoms with Crippen molar-refractivity contribution in [2.75, 3.05) is 11.5 Å². The summed E-state index contributed by atoms with van der Waals surface area (Å²) in [4.78, 5) is 21.0. The maximum atomic E-state index is 10.5. The Morgan fingerprint density at radius 3 is 2.54 bits per heavy atom. The molecule has 5 heteroatoms. The van der Waals surface area contributed by atoms with Gasteiger partial charge in [-0.25, -0.2) is 4.79 Å². The van der Waals surface area contributed by atoms with Crippen LogP contribution in [-0.2, 0) is 14.3 Å². The summed E-state index contributed by atoms with van der Waals surface area (Å²) in [6, 6.07) is 0. The van der Waals surface area contributed by atoms with Crippen molar-refractivity contribution in [3.63, 3.8) is 0 Å². The Hall–Kier alpha value is -0.710. The van der Waals surface area contributed by atoms with Gasteiger partial charge in [-0.2, -0.15) is 11.8 Å². The molecule has 0 heterocycles. The van der Waals surface area contributed by atoms with Crippen molar-refractivity contribution in [3.8, 4) is 0 Å². The standard InChI is InChI=1S/C8H14O4S/c1-3-4-13-5-7(8(10)11)12-6(2)9/h7H,3-5H2,1-2H3,(H,10,11). The molecule has 0 aliphatic rings. The van der Waals surface area contributed by atoms with Crippen LogP contribution in [0.1, 0.15) is 20.3 Å². The maximum absolute atomic E-state index is 10.5. The van der Waals surface area contributed by atoms with Crippen molar-refractivity contribution in [2.24, 2.45) is 0 Å². The fraction of sp³-hybridized carbons (Fsp3) is 0.750. The third kappa shape index (κ3) is 6.45. The van der Waals surface area contributed by atoms with Gasteiger partial charge in [0, 0.05) is 12.7 Å². The van der Waals surface area contributed by atoms with E-state index in [0.717, 1.165) is 12.2 Å². The number of carboxylic acid groups (broad SMARTS) is 1. The van der Waals surface area contributed by atoms with Crippen LogP contribution in [0.3, 0.4) is 0 Å². The quantitative estimate of drug-likeness (QED) is 0.521. The van der Waals surface area contributed by atoms with Gasteiger partial charge >= 0.3 is 11.9 Å². The number of carbonyl (C=O) groups is 2. The molecule has 0 amide bonds. The summed E-state index contributed by atoms with van der Waals surface area (Å²) in [5.41, 5.74) is 0. The zero-order chi connectivity index (χ0) is 10.3. The van der Waals surface area contributed by atoms with Crippen LogP contribution in [0, 0.1) is 0 Å². The fourth-order valence-electron chi connectivity index (χ4n) is 0.691. The highest BCUT2D eigenvalue weighted by Gasteiger charge is 2.19. The smallest absolute Gasteiger partial charge is 0.345 e. The van der Waals surface area contributed by atoms with E-state index < -0.39 is 18.0 Å². The van der Waals surface area contributed by atoms with Crippen LogP contribution in [0.2, 0.25) is 0 Å². The molecule has 0 radical (unpaired) electrons. The van der Waals surface area contributed by atoms with Gasteiger partial charge in [0.1, 0.15) is 0 Å². The number of ether oxygens (including phenoxy) is 1. The van der Waals surface area contributed by atoms with E-state index in [1.807, 2.05) is 6.92 Å². The lowest BCUT2D eigenvalue weighted by Gasteiger charge is -2.11. The average molecular weight is 206 g/mol. The molecule has 0 saturated carbocycles. The number of hydrogen-bond donors (Lipinski definition) is 1. The van der Waals surface area contributed by atoms with Crippen LogP contribution in [0.15, 0.2) is 0 Å². The molecule has 0 aromatic rings. The lowest BCUT2D eigenvalue weighted by atomic mass is 10.4. The Morgan fingerprint density at radius 1 is 1.54 bits per heavy atom. The van der Waals surface area contributed by atoms with Gasteiger partial charge in [0.05, 0.1) is 0 Å². The monoisotopic (exact) mass is 206 g/mol. The summed E-state index contributed by atoms with van der Waals surface area (Å²) >= 11 is 1.47. The third-order valence-electron chi connectivity index (χ3n) is 1.20. The maximum Gasteiger partial charge on any atom is 0.345 e. The van der Waals surface area contributed by atoms with Crippen molar-refractivity contribution in [1.82, 2.24) is 0 Å². The van der Waals surface area contributed by atoms with Crippen LogP contribution in [0.4, 0.5) is 0 Å². The van der Waals surface area contributed by atoms with Crippen molar-refractivity contribution in [2.45, 2.75) is 26.4 Å². The Kier molecular flexibility index (Phi) is 6.40. The molecular formula is C8H14O4S. The molecule has 0 rings (SSSR count). The Bertz CT molecular complexity index is 181. The molecule has 1 N–H and O–H groups in total. The first-order valence-corrected chi connectivity index (χ1v) is 5.21. The second-order valence-corrected chi connectivity index (χ2v) is 3.66. The number of carboxylic acids is 1. The lowest BCUT2D eigenvalue weighted by Crippen LogP contribution is -2.28. The number of carbonyl (C=O) groups excluding carboxylic acids is 1. The minimum absolute atomic E-state index is 0.322. The normalized spacial score (nSPS) is 12.2. The molecule has 4 nitrogen and oxygen atoms in total. The van der Waals surface area contributed by atoms with Gasteiger partial charge in [-0.05, 0) is 12.2 Å². The van der Waals surface area contributed by atoms with Gasteiger partial charge in [0.15, 0.2) is 0 Å². The topological polar surface area (TPSA) is 63.6 Å². The molecule has 13 heavy (non-hydrogen) atoms. The molecule has 76 valence electrons. The van der Waals surface area contributed by atoms with Crippen molar-refractivity contribution >= 4 is 23.7 Å². The van der Waals surface area contributed by atoms with Crippen molar-refractivity contribution < 1.29 is 19.4 Å². The van der Waals surface area contributed by atoms with Crippen molar-refractivity contribution in [1.29, 1.82) is 0 Å². The first kappa shape index (κ1) is 12.3. The highest BCUT2D eigenvalue weighted by molar-refractivity contribution is 7.99. The molecule has 1 unspecified atom stereocenters. The van der Waals surface area contributed by atoms with Gasteiger partial charge in [0.2, 0.25) is 6.10 Å². The minimum atomic E-state index is -1.08. The molecule has 0 aliphatic heterocycles. The molecule has 0 aliphatic carbocycles. The number of rotatable bonds is 6. The zero-order valence-electron chi connectivity index (χ0n) is 7.78. The number of esters is 1. The summed E-state index contributed by atoms with van der Waals surface area (Å²) in [5.74, 6) is -0.434. The third-order valence-corrected chi connectivity index (χ3v) is 2.44. The van der Waals surface area contributed by atoms with E-state index in [1.165, 1.54) is 18.7 Å². The Labute approximate surface area is 81.6 Å². The molecule has 0 fully saturated rings. The number of hydrogen-bond acceptors (Lipinski definition) is 4. The highest BCUT2D eigenvalue weighted by atomic mass is 32.2. The van der Waals surface area contributed by atoms with Crippen LogP contribution in [0.25, 0.3) is 0 Å². The summed E-state index contributed by atoms with van der Waals surface area (Å²) in [6.07, 6.45) is -0.0223. The second kappa shape index (κ2) is 6.77. The Morgan fingerprint density at radius 2 is 2.15 bits per heavy atom. The summed E-state index contributed by atoms with van der Waals surface area (Å²) in [7, 11) is 0. The van der Waals surface area contributed by atoms with Gasteiger partial charge in [0.25, 0.3) is 0 Å². The first-order valence-electron chi connectivity index (χ1n) is 4.05. The summed E-state index contributed by atoms with van der Waals surface area (Å²) in [6.45, 7) is 3.22. The van der Waals surface area contributed by atoms with E-state index in [2.05, 4.69) is 4.74 Å². The molecule has 0 saturated heterocycles. The fourth-order valence-corrected chi connectivity index (χ4v) is 1.57. The molecule has 0 aromatic carbocycles. The van der Waals surface area contributed by atoms with E-state index in [1.54, 1.807) is 0 Å². The van der Waals surface area contributed by atoms with Crippen LogP contribution in [-0.4, -0.2) is 34.7 Å². The summed E-state index contributed by atoms with van der Waals surface area (Å²) < 4.78 is 4.60. The predicted molar refractivity (Wildman–Crippen MR) is 50.8 cm³/mol. The molecule has 0 spiro atoms. The van der Waals surface area contributed by atoms with E-state index in [0.29, 0.717) is 5.75 Å². The van der Waals surface area contributed by atoms with Crippen LogP contribution in [0.5, 0.6) is 0 Å². The average Bonchev–Trinajstić information content (AvgIpc) is 2.02. The Balaban J connectivity index is 3.81. The van der Waals surface area contributed by atoms with E-state index >= 15 is 0 Å². The number of thioether (sulfide) groups is 1. The highest BCUT2D eigenvalue weighted by Crippen LogP contribution is 2.07. The number of aliphatic carboxylic acids is 1. The van der Waals surface area contributed by atoms with Gasteiger partial charge in [-0.1, -0.05) is 6.92 Å². The summed E-state index contributed by atoms with van der Waals surface area (Å²) in [5, 5.41) is 8.63. The lowest BCUT2D eigenvalue weighted by molar-refractivity contribution is -0.160. The van der Waals surface area contributed by atoms with Crippen LogP contribution < -0.4 is 0 Å². The van der Waals surface area contributed by atoms with E-state index in [4.69, 9.17) is 5.11 Å².